The molecule has 0 aliphatic carbocycles. The van der Waals surface area contributed by atoms with Gasteiger partial charge in [0.1, 0.15) is 12.8 Å². The van der Waals surface area contributed by atoms with Crippen LogP contribution in [0.2, 0.25) is 0 Å². The number of halogens is 1. The van der Waals surface area contributed by atoms with Crippen molar-refractivity contribution in [2.45, 2.75) is 31.7 Å². The summed E-state index contributed by atoms with van der Waals surface area (Å²) in [6, 6.07) is 8.48. The molecule has 0 radical (unpaired) electrons. The average Bonchev–Trinajstić information content (AvgIpc) is 2.77. The summed E-state index contributed by atoms with van der Waals surface area (Å²) in [5.41, 5.74) is 0.826. The van der Waals surface area contributed by atoms with Crippen molar-refractivity contribution in [3.8, 4) is 0 Å². The number of hydrogen-bond donors (Lipinski definition) is 1. The minimum Gasteiger partial charge on any atom is -0.481 e. The second-order valence-electron chi connectivity index (χ2n) is 4.78. The van der Waals surface area contributed by atoms with Gasteiger partial charge in [0, 0.05) is 12.5 Å². The Morgan fingerprint density at radius 1 is 1.35 bits per heavy atom. The highest BCUT2D eigenvalue weighted by Gasteiger charge is 2.37. The number of nitrogens with zero attached hydrogens (tertiary/aromatic N) is 1. The van der Waals surface area contributed by atoms with Crippen LogP contribution >= 0.6 is 0 Å². The van der Waals surface area contributed by atoms with Crippen LogP contribution in [0, 0.1) is 0 Å². The molecule has 1 N–H and O–H groups in total. The summed E-state index contributed by atoms with van der Waals surface area (Å²) < 4.78 is 18.5. The quantitative estimate of drug-likeness (QED) is 0.918. The lowest BCUT2D eigenvalue weighted by atomic mass is 10.1. The lowest BCUT2D eigenvalue weighted by molar-refractivity contribution is -0.138. The number of rotatable bonds is 4. The van der Waals surface area contributed by atoms with Crippen LogP contribution in [-0.2, 0) is 16.1 Å². The fourth-order valence-corrected chi connectivity index (χ4v) is 2.28. The number of carbonyl (C=O) groups excluding carboxylic acids is 1. The fraction of sp³-hybridized carbons (Fsp3) is 0.429. The van der Waals surface area contributed by atoms with Gasteiger partial charge in [0.25, 0.3) is 0 Å². The largest absolute Gasteiger partial charge is 0.481 e. The summed E-state index contributed by atoms with van der Waals surface area (Å²) in [6.07, 6.45) is -2.07. The molecule has 108 valence electrons. The van der Waals surface area contributed by atoms with Crippen LogP contribution in [0.1, 0.15) is 18.4 Å². The maximum absolute atomic E-state index is 13.4. The Bertz CT molecular complexity index is 479. The number of carboxylic acids is 1. The van der Waals surface area contributed by atoms with Crippen LogP contribution < -0.4 is 0 Å². The molecule has 1 heterocycles. The second kappa shape index (κ2) is 6.36. The molecular weight excluding hydrogens is 265 g/mol. The van der Waals surface area contributed by atoms with Crippen molar-refractivity contribution in [2.75, 3.05) is 6.54 Å². The van der Waals surface area contributed by atoms with E-state index in [9.17, 15) is 14.0 Å². The Hall–Kier alpha value is -2.11. The van der Waals surface area contributed by atoms with Gasteiger partial charge < -0.3 is 14.7 Å². The number of likely N-dealkylation sites (tertiary alicyclic amines) is 1. The summed E-state index contributed by atoms with van der Waals surface area (Å²) in [5.74, 6) is -1.05. The van der Waals surface area contributed by atoms with E-state index in [2.05, 4.69) is 0 Å². The molecule has 1 aliphatic heterocycles. The van der Waals surface area contributed by atoms with E-state index < -0.39 is 24.3 Å². The summed E-state index contributed by atoms with van der Waals surface area (Å²) in [6.45, 7) is -0.0154. The summed E-state index contributed by atoms with van der Waals surface area (Å²) in [5, 5.41) is 8.77. The van der Waals surface area contributed by atoms with E-state index in [1.54, 1.807) is 0 Å². The van der Waals surface area contributed by atoms with Crippen LogP contribution in [0.5, 0.6) is 0 Å². The molecule has 2 atom stereocenters. The van der Waals surface area contributed by atoms with Gasteiger partial charge in [-0.1, -0.05) is 30.3 Å². The molecule has 1 aromatic carbocycles. The van der Waals surface area contributed by atoms with Gasteiger partial charge in [-0.2, -0.15) is 0 Å². The number of hydrogen-bond acceptors (Lipinski definition) is 3. The first-order valence-corrected chi connectivity index (χ1v) is 6.39. The molecule has 6 heteroatoms. The summed E-state index contributed by atoms with van der Waals surface area (Å²) in [7, 11) is 0. The van der Waals surface area contributed by atoms with E-state index in [1.165, 1.54) is 4.90 Å². The Kier molecular flexibility index (Phi) is 4.55. The van der Waals surface area contributed by atoms with Gasteiger partial charge in [-0.15, -0.1) is 0 Å². The van der Waals surface area contributed by atoms with Crippen molar-refractivity contribution < 1.29 is 23.8 Å². The first-order valence-electron chi connectivity index (χ1n) is 6.39. The molecule has 0 saturated carbocycles. The van der Waals surface area contributed by atoms with Crippen LogP contribution in [0.25, 0.3) is 0 Å². The molecule has 1 amide bonds. The number of amides is 1. The summed E-state index contributed by atoms with van der Waals surface area (Å²) >= 11 is 0. The maximum atomic E-state index is 13.4. The number of aliphatic carboxylic acids is 1. The zero-order valence-electron chi connectivity index (χ0n) is 10.9. The van der Waals surface area contributed by atoms with Crippen molar-refractivity contribution in [1.29, 1.82) is 0 Å². The topological polar surface area (TPSA) is 66.8 Å². The molecule has 0 unspecified atom stereocenters. The number of alkyl halides is 1. The van der Waals surface area contributed by atoms with E-state index in [0.29, 0.717) is 0 Å². The van der Waals surface area contributed by atoms with Crippen LogP contribution in [0.3, 0.4) is 0 Å². The number of ether oxygens (including phenoxy) is 1. The van der Waals surface area contributed by atoms with Gasteiger partial charge in [-0.25, -0.2) is 9.18 Å². The molecular formula is C14H16FNO4. The van der Waals surface area contributed by atoms with E-state index in [0.717, 1.165) is 5.56 Å². The van der Waals surface area contributed by atoms with E-state index >= 15 is 0 Å². The highest BCUT2D eigenvalue weighted by Crippen LogP contribution is 2.24. The van der Waals surface area contributed by atoms with Gasteiger partial charge in [0.2, 0.25) is 0 Å². The van der Waals surface area contributed by atoms with Crippen LogP contribution in [0.4, 0.5) is 9.18 Å². The lowest BCUT2D eigenvalue weighted by Crippen LogP contribution is -2.37. The SMILES string of the molecule is O=C(O)C[C@H]1C[C@H](F)CN1C(=O)OCc1ccccc1. The molecule has 1 fully saturated rings. The number of benzene rings is 1. The molecule has 1 saturated heterocycles. The van der Waals surface area contributed by atoms with Crippen molar-refractivity contribution in [1.82, 2.24) is 4.90 Å². The Morgan fingerprint density at radius 3 is 2.70 bits per heavy atom. The third-order valence-electron chi connectivity index (χ3n) is 3.21. The monoisotopic (exact) mass is 281 g/mol. The predicted molar refractivity (Wildman–Crippen MR) is 68.9 cm³/mol. The van der Waals surface area contributed by atoms with Crippen molar-refractivity contribution in [3.63, 3.8) is 0 Å². The Labute approximate surface area is 116 Å². The fourth-order valence-electron chi connectivity index (χ4n) is 2.28. The Morgan fingerprint density at radius 2 is 2.05 bits per heavy atom. The standard InChI is InChI=1S/C14H16FNO4/c15-11-6-12(7-13(17)18)16(8-11)14(19)20-9-10-4-2-1-3-5-10/h1-5,11-12H,6-9H2,(H,17,18)/t11-,12+/m0/s1. The molecule has 0 aromatic heterocycles. The molecule has 20 heavy (non-hydrogen) atoms. The van der Waals surface area contributed by atoms with Crippen molar-refractivity contribution in [3.05, 3.63) is 35.9 Å². The van der Waals surface area contributed by atoms with E-state index in [1.807, 2.05) is 30.3 Å². The minimum atomic E-state index is -1.19. The van der Waals surface area contributed by atoms with Gasteiger partial charge >= 0.3 is 12.1 Å². The smallest absolute Gasteiger partial charge is 0.410 e. The average molecular weight is 281 g/mol. The lowest BCUT2D eigenvalue weighted by Gasteiger charge is -2.22. The summed E-state index contributed by atoms with van der Waals surface area (Å²) in [4.78, 5) is 23.8. The highest BCUT2D eigenvalue weighted by atomic mass is 19.1. The number of carbonyl (C=O) groups is 2. The molecule has 1 aromatic rings. The third-order valence-corrected chi connectivity index (χ3v) is 3.21. The van der Waals surface area contributed by atoms with E-state index in [4.69, 9.17) is 9.84 Å². The van der Waals surface area contributed by atoms with Gasteiger partial charge in [0.05, 0.1) is 13.0 Å². The molecule has 1 aliphatic rings. The first kappa shape index (κ1) is 14.3. The minimum absolute atomic E-state index is 0.0484. The van der Waals surface area contributed by atoms with Gasteiger partial charge in [-0.3, -0.25) is 4.79 Å². The van der Waals surface area contributed by atoms with Crippen LogP contribution in [0.15, 0.2) is 30.3 Å². The zero-order chi connectivity index (χ0) is 14.5. The molecule has 0 spiro atoms. The predicted octanol–water partition coefficient (Wildman–Crippen LogP) is 2.21. The molecule has 5 nitrogen and oxygen atoms in total. The Balaban J connectivity index is 1.91. The van der Waals surface area contributed by atoms with Crippen molar-refractivity contribution in [2.24, 2.45) is 0 Å². The highest BCUT2D eigenvalue weighted by molar-refractivity contribution is 5.72. The normalized spacial score (nSPS) is 21.8. The van der Waals surface area contributed by atoms with Crippen molar-refractivity contribution >= 4 is 12.1 Å². The van der Waals surface area contributed by atoms with Crippen LogP contribution in [-0.4, -0.2) is 40.8 Å². The second-order valence-corrected chi connectivity index (χ2v) is 4.78. The van der Waals surface area contributed by atoms with Gasteiger partial charge in [0.15, 0.2) is 0 Å². The zero-order valence-corrected chi connectivity index (χ0v) is 10.9. The van der Waals surface area contributed by atoms with E-state index in [-0.39, 0.29) is 26.0 Å². The number of carboxylic acid groups (broad SMARTS) is 1. The third kappa shape index (κ3) is 3.69. The maximum Gasteiger partial charge on any atom is 0.410 e. The molecule has 2 rings (SSSR count). The van der Waals surface area contributed by atoms with Gasteiger partial charge in [-0.05, 0) is 5.56 Å². The first-order chi connectivity index (χ1) is 9.56. The molecule has 0 bridgehead atoms.